The maximum atomic E-state index is 10.7. The lowest BCUT2D eigenvalue weighted by Gasteiger charge is -2.27. The van der Waals surface area contributed by atoms with Gasteiger partial charge in [0.1, 0.15) is 0 Å². The minimum atomic E-state index is -2.61. The summed E-state index contributed by atoms with van der Waals surface area (Å²) < 4.78 is 21.5. The number of sulfone groups is 1. The van der Waals surface area contributed by atoms with Crippen LogP contribution in [0.4, 0.5) is 0 Å². The maximum absolute atomic E-state index is 10.7. The predicted molar refractivity (Wildman–Crippen MR) is 45.3 cm³/mol. The standard InChI is InChI=1S/C7H15NO2S/c1-6(8-2)3-7-4-11(9,10)5-7/h6-8H,3-5H2,1-2H3. The molecule has 66 valence electrons. The highest BCUT2D eigenvalue weighted by Gasteiger charge is 2.33. The third-order valence-electron chi connectivity index (χ3n) is 2.16. The largest absolute Gasteiger partial charge is 0.317 e. The number of hydrogen-bond donors (Lipinski definition) is 1. The SMILES string of the molecule is CNC(C)CC1CS(=O)(=O)C1. The molecule has 1 saturated heterocycles. The van der Waals surface area contributed by atoms with Crippen molar-refractivity contribution in [2.75, 3.05) is 18.6 Å². The molecule has 1 fully saturated rings. The third kappa shape index (κ3) is 2.45. The monoisotopic (exact) mass is 177 g/mol. The van der Waals surface area contributed by atoms with Crippen LogP contribution >= 0.6 is 0 Å². The average Bonchev–Trinajstić information content (AvgIpc) is 1.83. The molecule has 4 heteroatoms. The summed E-state index contributed by atoms with van der Waals surface area (Å²) in [5.74, 6) is 1.21. The smallest absolute Gasteiger partial charge is 0.150 e. The average molecular weight is 177 g/mol. The van der Waals surface area contributed by atoms with Gasteiger partial charge in [0, 0.05) is 6.04 Å². The predicted octanol–water partition coefficient (Wildman–Crippen LogP) is 0.0290. The Morgan fingerprint density at radius 3 is 2.45 bits per heavy atom. The van der Waals surface area contributed by atoms with Crippen molar-refractivity contribution in [2.45, 2.75) is 19.4 Å². The van der Waals surface area contributed by atoms with Gasteiger partial charge in [0.05, 0.1) is 11.5 Å². The van der Waals surface area contributed by atoms with Gasteiger partial charge in [-0.25, -0.2) is 8.42 Å². The molecule has 11 heavy (non-hydrogen) atoms. The molecule has 0 saturated carbocycles. The molecule has 1 atom stereocenters. The lowest BCUT2D eigenvalue weighted by Crippen LogP contribution is -2.40. The minimum absolute atomic E-state index is 0.402. The zero-order valence-corrected chi connectivity index (χ0v) is 7.82. The summed E-state index contributed by atoms with van der Waals surface area (Å²) in [5.41, 5.74) is 0. The summed E-state index contributed by atoms with van der Waals surface area (Å²) in [4.78, 5) is 0. The molecule has 0 aromatic rings. The molecule has 0 bridgehead atoms. The van der Waals surface area contributed by atoms with Gasteiger partial charge in [0.25, 0.3) is 0 Å². The third-order valence-corrected chi connectivity index (χ3v) is 4.12. The van der Waals surface area contributed by atoms with Crippen LogP contribution in [0.2, 0.25) is 0 Å². The molecule has 1 aliphatic heterocycles. The fourth-order valence-corrected chi connectivity index (χ4v) is 3.03. The van der Waals surface area contributed by atoms with E-state index in [1.807, 2.05) is 7.05 Å². The molecule has 1 unspecified atom stereocenters. The van der Waals surface area contributed by atoms with Crippen LogP contribution in [-0.4, -0.2) is 33.0 Å². The van der Waals surface area contributed by atoms with Crippen molar-refractivity contribution >= 4 is 9.84 Å². The molecule has 1 aliphatic rings. The maximum Gasteiger partial charge on any atom is 0.150 e. The van der Waals surface area contributed by atoms with Gasteiger partial charge < -0.3 is 5.32 Å². The second kappa shape index (κ2) is 3.11. The molecule has 0 spiro atoms. The summed E-state index contributed by atoms with van der Waals surface area (Å²) in [5, 5.41) is 3.10. The Hall–Kier alpha value is -0.0900. The first-order valence-corrected chi connectivity index (χ1v) is 5.73. The zero-order valence-electron chi connectivity index (χ0n) is 7.00. The van der Waals surface area contributed by atoms with Gasteiger partial charge in [0.15, 0.2) is 9.84 Å². The second-order valence-corrected chi connectivity index (χ2v) is 5.52. The fraction of sp³-hybridized carbons (Fsp3) is 1.00. The Bertz CT molecular complexity index is 211. The van der Waals surface area contributed by atoms with Gasteiger partial charge in [-0.3, -0.25) is 0 Å². The fourth-order valence-electron chi connectivity index (χ4n) is 1.42. The molecule has 0 aliphatic carbocycles. The lowest BCUT2D eigenvalue weighted by atomic mass is 10.0. The van der Waals surface area contributed by atoms with Crippen LogP contribution in [0, 0.1) is 5.92 Å². The second-order valence-electron chi connectivity index (χ2n) is 3.37. The van der Waals surface area contributed by atoms with Crippen LogP contribution in [0.5, 0.6) is 0 Å². The Labute approximate surface area is 68.1 Å². The summed E-state index contributed by atoms with van der Waals surface area (Å²) in [7, 11) is -0.712. The van der Waals surface area contributed by atoms with Gasteiger partial charge >= 0.3 is 0 Å². The normalized spacial score (nSPS) is 26.0. The van der Waals surface area contributed by atoms with E-state index in [1.54, 1.807) is 0 Å². The van der Waals surface area contributed by atoms with Crippen molar-refractivity contribution < 1.29 is 8.42 Å². The van der Waals surface area contributed by atoms with Gasteiger partial charge in [-0.2, -0.15) is 0 Å². The van der Waals surface area contributed by atoms with Gasteiger partial charge in [-0.05, 0) is 26.3 Å². The molecule has 0 amide bonds. The van der Waals surface area contributed by atoms with Crippen molar-refractivity contribution in [1.82, 2.24) is 5.32 Å². The van der Waals surface area contributed by atoms with E-state index in [2.05, 4.69) is 12.2 Å². The van der Waals surface area contributed by atoms with Gasteiger partial charge in [-0.1, -0.05) is 0 Å². The summed E-state index contributed by atoms with van der Waals surface area (Å²) in [6.45, 7) is 2.07. The zero-order chi connectivity index (χ0) is 8.48. The van der Waals surface area contributed by atoms with E-state index in [0.29, 0.717) is 23.5 Å². The molecular formula is C7H15NO2S. The highest BCUT2D eigenvalue weighted by atomic mass is 32.2. The number of nitrogens with one attached hydrogen (secondary N) is 1. The first kappa shape index (κ1) is 9.00. The molecule has 0 aromatic carbocycles. The van der Waals surface area contributed by atoms with E-state index < -0.39 is 9.84 Å². The molecule has 0 aromatic heterocycles. The minimum Gasteiger partial charge on any atom is -0.317 e. The summed E-state index contributed by atoms with van der Waals surface area (Å²) in [6.07, 6.45) is 0.982. The van der Waals surface area contributed by atoms with Crippen LogP contribution in [-0.2, 0) is 9.84 Å². The van der Waals surface area contributed by atoms with E-state index in [9.17, 15) is 8.42 Å². The van der Waals surface area contributed by atoms with Gasteiger partial charge in [-0.15, -0.1) is 0 Å². The van der Waals surface area contributed by atoms with E-state index in [-0.39, 0.29) is 0 Å². The first-order chi connectivity index (χ1) is 5.03. The van der Waals surface area contributed by atoms with Crippen LogP contribution in [0.15, 0.2) is 0 Å². The highest BCUT2D eigenvalue weighted by Crippen LogP contribution is 2.22. The molecule has 3 nitrogen and oxygen atoms in total. The topological polar surface area (TPSA) is 46.2 Å². The van der Waals surface area contributed by atoms with E-state index >= 15 is 0 Å². The summed E-state index contributed by atoms with van der Waals surface area (Å²) >= 11 is 0. The van der Waals surface area contributed by atoms with Crippen molar-refractivity contribution in [2.24, 2.45) is 5.92 Å². The first-order valence-electron chi connectivity index (χ1n) is 3.91. The highest BCUT2D eigenvalue weighted by molar-refractivity contribution is 7.92. The molecule has 1 rings (SSSR count). The van der Waals surface area contributed by atoms with Crippen LogP contribution in [0.3, 0.4) is 0 Å². The Kier molecular flexibility index (Phi) is 2.54. The van der Waals surface area contributed by atoms with Crippen molar-refractivity contribution in [3.05, 3.63) is 0 Å². The van der Waals surface area contributed by atoms with Crippen LogP contribution in [0.1, 0.15) is 13.3 Å². The molecular weight excluding hydrogens is 162 g/mol. The van der Waals surface area contributed by atoms with Gasteiger partial charge in [0.2, 0.25) is 0 Å². The van der Waals surface area contributed by atoms with E-state index in [1.165, 1.54) is 0 Å². The van der Waals surface area contributed by atoms with Crippen molar-refractivity contribution in [3.8, 4) is 0 Å². The Morgan fingerprint density at radius 1 is 1.55 bits per heavy atom. The quantitative estimate of drug-likeness (QED) is 0.661. The van der Waals surface area contributed by atoms with E-state index in [4.69, 9.17) is 0 Å². The summed E-state index contributed by atoms with van der Waals surface area (Å²) in [6, 6.07) is 0.440. The molecule has 0 radical (unpaired) electrons. The Balaban J connectivity index is 2.24. The lowest BCUT2D eigenvalue weighted by molar-refractivity contribution is 0.437. The number of rotatable bonds is 3. The van der Waals surface area contributed by atoms with Crippen LogP contribution < -0.4 is 5.32 Å². The number of hydrogen-bond acceptors (Lipinski definition) is 3. The van der Waals surface area contributed by atoms with E-state index in [0.717, 1.165) is 6.42 Å². The molecule has 1 N–H and O–H groups in total. The molecule has 1 heterocycles. The Morgan fingerprint density at radius 2 is 2.09 bits per heavy atom. The van der Waals surface area contributed by atoms with Crippen molar-refractivity contribution in [3.63, 3.8) is 0 Å². The van der Waals surface area contributed by atoms with Crippen LogP contribution in [0.25, 0.3) is 0 Å². The van der Waals surface area contributed by atoms with Crippen molar-refractivity contribution in [1.29, 1.82) is 0 Å².